The van der Waals surface area contributed by atoms with Crippen molar-refractivity contribution in [3.63, 3.8) is 0 Å². The van der Waals surface area contributed by atoms with Crippen molar-refractivity contribution in [2.45, 2.75) is 33.6 Å². The Morgan fingerprint density at radius 3 is 2.68 bits per heavy atom. The summed E-state index contributed by atoms with van der Waals surface area (Å²) in [5.74, 6) is 0.594. The second kappa shape index (κ2) is 7.09. The van der Waals surface area contributed by atoms with Crippen LogP contribution in [0.5, 0.6) is 0 Å². The van der Waals surface area contributed by atoms with Gasteiger partial charge >= 0.3 is 0 Å². The number of nitrogens with one attached hydrogen (secondary N) is 1. The van der Waals surface area contributed by atoms with Gasteiger partial charge < -0.3 is 19.4 Å². The fourth-order valence-corrected chi connectivity index (χ4v) is 4.09. The number of ketones is 1. The zero-order valence-electron chi connectivity index (χ0n) is 16.6. The molecule has 1 aromatic heterocycles. The highest BCUT2D eigenvalue weighted by Gasteiger charge is 2.37. The molecule has 1 aliphatic carbocycles. The zero-order chi connectivity index (χ0) is 19.9. The molecule has 2 aliphatic rings. The van der Waals surface area contributed by atoms with E-state index in [9.17, 15) is 9.59 Å². The molecule has 2 heterocycles. The minimum absolute atomic E-state index is 0.0564. The van der Waals surface area contributed by atoms with Crippen LogP contribution in [0.25, 0.3) is 0 Å². The Morgan fingerprint density at radius 2 is 1.93 bits per heavy atom. The Morgan fingerprint density at radius 1 is 1.18 bits per heavy atom. The van der Waals surface area contributed by atoms with Crippen LogP contribution in [-0.4, -0.2) is 38.0 Å². The first-order chi connectivity index (χ1) is 13.3. The fourth-order valence-electron chi connectivity index (χ4n) is 4.09. The van der Waals surface area contributed by atoms with Crippen molar-refractivity contribution in [1.82, 2.24) is 0 Å². The topological polar surface area (TPSA) is 71.8 Å². The number of carbonyl (C=O) groups excluding carboxylic acids is 2. The van der Waals surface area contributed by atoms with Crippen molar-refractivity contribution in [1.29, 1.82) is 0 Å². The highest BCUT2D eigenvalue weighted by atomic mass is 16.5. The maximum atomic E-state index is 12.9. The molecule has 2 aromatic rings. The average molecular weight is 382 g/mol. The molecule has 4 rings (SSSR count). The van der Waals surface area contributed by atoms with E-state index in [1.807, 2.05) is 38.1 Å². The summed E-state index contributed by atoms with van der Waals surface area (Å²) in [5, 5.41) is 2.92. The lowest BCUT2D eigenvalue weighted by Crippen LogP contribution is -2.36. The van der Waals surface area contributed by atoms with Gasteiger partial charge in [-0.25, -0.2) is 0 Å². The molecule has 1 saturated heterocycles. The number of nitrogens with zero attached hydrogens (tertiary/aromatic N) is 1. The van der Waals surface area contributed by atoms with Gasteiger partial charge in [-0.15, -0.1) is 0 Å². The van der Waals surface area contributed by atoms with E-state index in [1.54, 1.807) is 6.92 Å². The number of anilines is 2. The van der Waals surface area contributed by atoms with Gasteiger partial charge in [0.2, 0.25) is 0 Å². The molecule has 1 fully saturated rings. The van der Waals surface area contributed by atoms with Gasteiger partial charge in [0.05, 0.1) is 18.8 Å². The number of carbonyl (C=O) groups is 2. The van der Waals surface area contributed by atoms with Gasteiger partial charge in [-0.3, -0.25) is 9.59 Å². The number of fused-ring (bicyclic) bond motifs is 1. The van der Waals surface area contributed by atoms with E-state index in [1.165, 1.54) is 0 Å². The Labute approximate surface area is 164 Å². The first kappa shape index (κ1) is 18.7. The van der Waals surface area contributed by atoms with Gasteiger partial charge in [0.15, 0.2) is 11.5 Å². The summed E-state index contributed by atoms with van der Waals surface area (Å²) >= 11 is 0. The summed E-state index contributed by atoms with van der Waals surface area (Å²) in [5.41, 5.74) is 2.83. The van der Waals surface area contributed by atoms with Gasteiger partial charge in [-0.2, -0.15) is 0 Å². The highest BCUT2D eigenvalue weighted by Crippen LogP contribution is 2.38. The van der Waals surface area contributed by atoms with Crippen LogP contribution in [0.2, 0.25) is 0 Å². The van der Waals surface area contributed by atoms with Crippen molar-refractivity contribution >= 4 is 23.1 Å². The van der Waals surface area contributed by atoms with Crippen molar-refractivity contribution in [3.8, 4) is 0 Å². The largest absolute Gasteiger partial charge is 0.455 e. The Bertz CT molecular complexity index is 923. The van der Waals surface area contributed by atoms with E-state index in [0.717, 1.165) is 18.8 Å². The second-order valence-corrected chi connectivity index (χ2v) is 8.40. The van der Waals surface area contributed by atoms with Crippen LogP contribution in [-0.2, 0) is 11.2 Å². The van der Waals surface area contributed by atoms with E-state index in [4.69, 9.17) is 9.15 Å². The molecule has 28 heavy (non-hydrogen) atoms. The molecule has 148 valence electrons. The quantitative estimate of drug-likeness (QED) is 0.873. The molecule has 6 heteroatoms. The normalized spacial score (nSPS) is 18.7. The predicted molar refractivity (Wildman–Crippen MR) is 107 cm³/mol. The molecule has 0 radical (unpaired) electrons. The third-order valence-corrected chi connectivity index (χ3v) is 5.46. The lowest BCUT2D eigenvalue weighted by atomic mass is 9.76. The van der Waals surface area contributed by atoms with Gasteiger partial charge in [-0.05, 0) is 30.5 Å². The van der Waals surface area contributed by atoms with E-state index in [-0.39, 0.29) is 22.9 Å². The number of furan rings is 1. The zero-order valence-corrected chi connectivity index (χ0v) is 16.6. The first-order valence-electron chi connectivity index (χ1n) is 9.74. The number of amides is 1. The number of hydrogen-bond acceptors (Lipinski definition) is 5. The molecule has 1 N–H and O–H groups in total. The number of benzene rings is 1. The fraction of sp³-hybridized carbons (Fsp3) is 0.455. The van der Waals surface area contributed by atoms with Crippen molar-refractivity contribution < 1.29 is 18.7 Å². The summed E-state index contributed by atoms with van der Waals surface area (Å²) in [6.45, 7) is 8.96. The van der Waals surface area contributed by atoms with Crippen molar-refractivity contribution in [2.24, 2.45) is 5.41 Å². The molecule has 1 aliphatic heterocycles. The predicted octanol–water partition coefficient (Wildman–Crippen LogP) is 3.83. The summed E-state index contributed by atoms with van der Waals surface area (Å²) < 4.78 is 11.3. The maximum absolute atomic E-state index is 12.9. The number of rotatable bonds is 3. The van der Waals surface area contributed by atoms with Gasteiger partial charge in [0, 0.05) is 42.9 Å². The maximum Gasteiger partial charge on any atom is 0.291 e. The standard InChI is InChI=1S/C22H26N2O4/c1-14-19-17(25)12-22(2,3)13-18(19)28-20(14)21(26)23-15-5-4-6-16(11-15)24-7-9-27-10-8-24/h4-6,11H,7-10,12-13H2,1-3H3,(H,23,26). The number of ether oxygens (including phenoxy) is 1. The monoisotopic (exact) mass is 382 g/mol. The summed E-state index contributed by atoms with van der Waals surface area (Å²) in [6, 6.07) is 7.76. The molecule has 0 atom stereocenters. The first-order valence-corrected chi connectivity index (χ1v) is 9.74. The molecular weight excluding hydrogens is 356 g/mol. The molecule has 1 aromatic carbocycles. The molecular formula is C22H26N2O4. The Hall–Kier alpha value is -2.60. The van der Waals surface area contributed by atoms with Crippen LogP contribution in [0, 0.1) is 12.3 Å². The molecule has 1 amide bonds. The lowest BCUT2D eigenvalue weighted by Gasteiger charge is -2.29. The third kappa shape index (κ3) is 3.56. The van der Waals surface area contributed by atoms with E-state index >= 15 is 0 Å². The van der Waals surface area contributed by atoms with Gasteiger partial charge in [0.25, 0.3) is 5.91 Å². The van der Waals surface area contributed by atoms with Gasteiger partial charge in [-0.1, -0.05) is 19.9 Å². The Kier molecular flexibility index (Phi) is 4.75. The Balaban J connectivity index is 1.56. The SMILES string of the molecule is Cc1c(C(=O)Nc2cccc(N3CCOCC3)c2)oc2c1C(=O)CC(C)(C)C2. The molecule has 6 nitrogen and oxygen atoms in total. The summed E-state index contributed by atoms with van der Waals surface area (Å²) in [7, 11) is 0. The lowest BCUT2D eigenvalue weighted by molar-refractivity contribution is 0.0898. The van der Waals surface area contributed by atoms with Crippen LogP contribution in [0.4, 0.5) is 11.4 Å². The van der Waals surface area contributed by atoms with Crippen LogP contribution < -0.4 is 10.2 Å². The van der Waals surface area contributed by atoms with E-state index in [0.29, 0.717) is 48.6 Å². The molecule has 0 saturated carbocycles. The smallest absolute Gasteiger partial charge is 0.291 e. The average Bonchev–Trinajstić information content (AvgIpc) is 2.98. The van der Waals surface area contributed by atoms with Crippen molar-refractivity contribution in [3.05, 3.63) is 46.9 Å². The molecule has 0 unspecified atom stereocenters. The summed E-state index contributed by atoms with van der Waals surface area (Å²) in [4.78, 5) is 27.6. The summed E-state index contributed by atoms with van der Waals surface area (Å²) in [6.07, 6.45) is 1.14. The number of Topliss-reactive ketones (excluding diaryl/α,β-unsaturated/α-hetero) is 1. The minimum Gasteiger partial charge on any atom is -0.455 e. The van der Waals surface area contributed by atoms with Crippen molar-refractivity contribution in [2.75, 3.05) is 36.5 Å². The van der Waals surface area contributed by atoms with Crippen LogP contribution >= 0.6 is 0 Å². The molecule has 0 bridgehead atoms. The van der Waals surface area contributed by atoms with Crippen LogP contribution in [0.1, 0.15) is 52.5 Å². The van der Waals surface area contributed by atoms with Crippen LogP contribution in [0.15, 0.2) is 28.7 Å². The van der Waals surface area contributed by atoms with E-state index in [2.05, 4.69) is 10.2 Å². The number of hydrogen-bond donors (Lipinski definition) is 1. The number of morpholine rings is 1. The van der Waals surface area contributed by atoms with Crippen LogP contribution in [0.3, 0.4) is 0 Å². The van der Waals surface area contributed by atoms with Gasteiger partial charge in [0.1, 0.15) is 5.76 Å². The second-order valence-electron chi connectivity index (χ2n) is 8.40. The van der Waals surface area contributed by atoms with E-state index < -0.39 is 0 Å². The highest BCUT2D eigenvalue weighted by molar-refractivity contribution is 6.07. The molecule has 0 spiro atoms. The minimum atomic E-state index is -0.323. The third-order valence-electron chi connectivity index (χ3n) is 5.46.